The summed E-state index contributed by atoms with van der Waals surface area (Å²) in [4.78, 5) is 26.9. The van der Waals surface area contributed by atoms with Gasteiger partial charge in [-0.1, -0.05) is 115 Å². The van der Waals surface area contributed by atoms with Gasteiger partial charge in [-0.05, 0) is 88.0 Å². The van der Waals surface area contributed by atoms with Crippen LogP contribution in [0.1, 0.15) is 156 Å². The Labute approximate surface area is 486 Å². The molecule has 5 aliphatic rings. The van der Waals surface area contributed by atoms with E-state index in [1.165, 1.54) is 0 Å². The molecule has 19 heteroatoms. The van der Waals surface area contributed by atoms with Crippen LogP contribution in [0.3, 0.4) is 0 Å². The maximum atomic E-state index is 13.5. The summed E-state index contributed by atoms with van der Waals surface area (Å²) in [6.45, 7) is 47.0. The number of hydrogen-bond acceptors (Lipinski definition) is 16. The maximum Gasteiger partial charge on any atom is 0.331 e. The summed E-state index contributed by atoms with van der Waals surface area (Å²) < 4.78 is 94.8. The van der Waals surface area contributed by atoms with E-state index in [2.05, 4.69) is 135 Å². The number of fused-ring (bicyclic) bond motifs is 1. The highest BCUT2D eigenvalue weighted by Gasteiger charge is 2.65. The van der Waals surface area contributed by atoms with Gasteiger partial charge < -0.3 is 65.4 Å². The van der Waals surface area contributed by atoms with Crippen molar-refractivity contribution in [2.24, 2.45) is 10.8 Å². The van der Waals surface area contributed by atoms with E-state index < -0.39 is 108 Å². The first-order chi connectivity index (χ1) is 36.8. The molecule has 0 aliphatic carbocycles. The van der Waals surface area contributed by atoms with Crippen LogP contribution in [-0.4, -0.2) is 156 Å². The summed E-state index contributed by atoms with van der Waals surface area (Å²) in [5.74, 6) is -5.38. The van der Waals surface area contributed by atoms with Crippen molar-refractivity contribution in [3.8, 4) is 0 Å². The number of ether oxygens (including phenoxy) is 11. The van der Waals surface area contributed by atoms with Crippen LogP contribution in [0.25, 0.3) is 0 Å². The van der Waals surface area contributed by atoms with Gasteiger partial charge in [-0.3, -0.25) is 4.79 Å². The van der Waals surface area contributed by atoms with Gasteiger partial charge in [-0.15, -0.1) is 0 Å². The van der Waals surface area contributed by atoms with Gasteiger partial charge in [0, 0.05) is 76.6 Å². The molecule has 12 atom stereocenters. The Morgan fingerprint density at radius 2 is 1.41 bits per heavy atom. The highest BCUT2D eigenvalue weighted by atomic mass is 28.4. The SMILES string of the molecule is C=CCOC(=O)C[C@@H](C[C@@H]1C[C@H](O[Si](C)(C)C(C)(C)C)C(C)(C)[C@@](C[C@@H]2CC(OC)(OC)C[C@H](/C=C/C(C)(C)[C@]3(OC)O[C@H](C[C@H]4OC(C)(C)O[C@@H]4C)[C@H]4OC(=O)C=C4[C@@H]3O[Si](CC)(CC)CC)O2)(OC)O1)O[Si](C)(C)C(C)(C)C. The number of hydrogen-bond donors (Lipinski definition) is 0. The molecular weight excluding hydrogens is 1070 g/mol. The van der Waals surface area contributed by atoms with Crippen LogP contribution < -0.4 is 0 Å². The Morgan fingerprint density at radius 1 is 0.800 bits per heavy atom. The topological polar surface area (TPSA) is 163 Å². The summed E-state index contributed by atoms with van der Waals surface area (Å²) in [5, 5.41) is -0.212. The first-order valence-electron chi connectivity index (χ1n) is 29.8. The molecular formula is C61H110O16Si3. The predicted molar refractivity (Wildman–Crippen MR) is 318 cm³/mol. The molecule has 5 heterocycles. The summed E-state index contributed by atoms with van der Waals surface area (Å²) in [6, 6.07) is 2.58. The van der Waals surface area contributed by atoms with E-state index in [4.69, 9.17) is 65.4 Å². The second-order valence-corrected chi connectivity index (χ2v) is 42.4. The summed E-state index contributed by atoms with van der Waals surface area (Å²) in [5.41, 5.74) is -0.967. The lowest BCUT2D eigenvalue weighted by molar-refractivity contribution is -0.362. The zero-order valence-corrected chi connectivity index (χ0v) is 57.1. The molecule has 0 spiro atoms. The van der Waals surface area contributed by atoms with Crippen LogP contribution in [0.5, 0.6) is 0 Å². The second kappa shape index (κ2) is 25.7. The van der Waals surface area contributed by atoms with Crippen molar-refractivity contribution in [1.29, 1.82) is 0 Å². The monoisotopic (exact) mass is 1180 g/mol. The van der Waals surface area contributed by atoms with Crippen molar-refractivity contribution < 1.29 is 75.0 Å². The minimum Gasteiger partial charge on any atom is -0.461 e. The van der Waals surface area contributed by atoms with Gasteiger partial charge in [-0.2, -0.15) is 0 Å². The van der Waals surface area contributed by atoms with Gasteiger partial charge in [0.1, 0.15) is 18.8 Å². The fourth-order valence-electron chi connectivity index (χ4n) is 12.3. The van der Waals surface area contributed by atoms with Gasteiger partial charge >= 0.3 is 11.9 Å². The smallest absolute Gasteiger partial charge is 0.331 e. The van der Waals surface area contributed by atoms with Gasteiger partial charge in [0.25, 0.3) is 0 Å². The summed E-state index contributed by atoms with van der Waals surface area (Å²) in [6.07, 6.45) is 4.66. The fraction of sp³-hybridized carbons (Fsp3) is 0.869. The summed E-state index contributed by atoms with van der Waals surface area (Å²) >= 11 is 0. The number of carbonyl (C=O) groups excluding carboxylic acids is 2. The van der Waals surface area contributed by atoms with E-state index in [0.717, 1.165) is 18.1 Å². The standard InChI is InChI=1S/C61H110O16Si3/c1-26-32-68-50(62)35-44(75-78(22,23)54(6,7)8)33-43-34-49(76-79(24,25)55(9,10)11)57(14,15)60(66-20,72-43)40-45-39-59(64-18,65-19)38-42(69-45)30-31-56(12,13)61(67-21)53(77-80(27-2,28-3)29-4)46-36-51(63)70-52(46)48(74-61)37-47-41(5)71-58(16,17)73-47/h26,30-31,36,41-45,47-49,52-53H,1,27-29,32-35,37-40H2,2-25H3/b31-30+/t41-,42+,43-,44-,45+,47-,48-,49+,52+,53+,60+,61-/m1/s1. The first-order valence-corrected chi connectivity index (χ1v) is 38.1. The molecule has 0 bridgehead atoms. The van der Waals surface area contributed by atoms with Crippen molar-refractivity contribution in [3.05, 3.63) is 36.5 Å². The Balaban J connectivity index is 1.59. The molecule has 0 unspecified atom stereocenters. The Hall–Kier alpha value is -1.67. The van der Waals surface area contributed by atoms with Gasteiger partial charge in [0.05, 0.1) is 49.1 Å². The van der Waals surface area contributed by atoms with E-state index in [1.807, 2.05) is 20.8 Å². The summed E-state index contributed by atoms with van der Waals surface area (Å²) in [7, 11) is -0.526. The van der Waals surface area contributed by atoms with Crippen LogP contribution >= 0.6 is 0 Å². The molecule has 0 radical (unpaired) electrons. The molecule has 0 aromatic heterocycles. The van der Waals surface area contributed by atoms with Crippen molar-refractivity contribution in [2.45, 2.75) is 294 Å². The van der Waals surface area contributed by atoms with E-state index >= 15 is 0 Å². The fourth-order valence-corrected chi connectivity index (χ4v) is 17.9. The normalized spacial score (nSPS) is 32.6. The molecule has 5 rings (SSSR count). The number of esters is 2. The zero-order chi connectivity index (χ0) is 60.5. The predicted octanol–water partition coefficient (Wildman–Crippen LogP) is 12.9. The van der Waals surface area contributed by atoms with Crippen LogP contribution in [0.15, 0.2) is 36.5 Å². The largest absolute Gasteiger partial charge is 0.461 e. The molecule has 462 valence electrons. The lowest BCUT2D eigenvalue weighted by Crippen LogP contribution is -2.67. The third-order valence-electron chi connectivity index (χ3n) is 19.7. The van der Waals surface area contributed by atoms with Crippen LogP contribution in [0.4, 0.5) is 0 Å². The molecule has 0 N–H and O–H groups in total. The van der Waals surface area contributed by atoms with Crippen LogP contribution in [-0.2, 0) is 75.0 Å². The van der Waals surface area contributed by atoms with E-state index in [9.17, 15) is 9.59 Å². The van der Waals surface area contributed by atoms with Crippen molar-refractivity contribution in [1.82, 2.24) is 0 Å². The van der Waals surface area contributed by atoms with Crippen molar-refractivity contribution in [3.63, 3.8) is 0 Å². The zero-order valence-electron chi connectivity index (χ0n) is 54.1. The highest BCUT2D eigenvalue weighted by Crippen LogP contribution is 2.56. The third kappa shape index (κ3) is 14.8. The van der Waals surface area contributed by atoms with E-state index in [1.54, 1.807) is 40.6 Å². The van der Waals surface area contributed by atoms with Gasteiger partial charge in [0.2, 0.25) is 5.79 Å². The average molecular weight is 1180 g/mol. The number of methoxy groups -OCH3 is 4. The second-order valence-electron chi connectivity index (χ2n) is 28.1. The van der Waals surface area contributed by atoms with Crippen LogP contribution in [0, 0.1) is 10.8 Å². The van der Waals surface area contributed by atoms with Gasteiger partial charge in [0.15, 0.2) is 48.4 Å². The lowest BCUT2D eigenvalue weighted by Gasteiger charge is -2.58. The number of carbonyl (C=O) groups is 2. The van der Waals surface area contributed by atoms with Crippen LogP contribution in [0.2, 0.25) is 54.4 Å². The van der Waals surface area contributed by atoms with Gasteiger partial charge in [-0.25, -0.2) is 4.79 Å². The number of rotatable bonds is 26. The quantitative estimate of drug-likeness (QED) is 0.0347. The Morgan fingerprint density at radius 3 is 1.93 bits per heavy atom. The van der Waals surface area contributed by atoms with Crippen molar-refractivity contribution in [2.75, 3.05) is 35.0 Å². The molecule has 4 fully saturated rings. The molecule has 0 amide bonds. The van der Waals surface area contributed by atoms with Crippen molar-refractivity contribution >= 4 is 36.9 Å². The molecule has 5 aliphatic heterocycles. The highest BCUT2D eigenvalue weighted by molar-refractivity contribution is 6.74. The molecule has 16 nitrogen and oxygen atoms in total. The molecule has 0 saturated carbocycles. The van der Waals surface area contributed by atoms with E-state index in [-0.39, 0.29) is 53.8 Å². The third-order valence-corrected chi connectivity index (χ3v) is 33.3. The Kier molecular flexibility index (Phi) is 22.2. The maximum absolute atomic E-state index is 13.5. The molecule has 0 aromatic carbocycles. The molecule has 80 heavy (non-hydrogen) atoms. The first kappa shape index (κ1) is 69.1. The average Bonchev–Trinajstić information content (AvgIpc) is 3.89. The Bertz CT molecular complexity index is 2150. The van der Waals surface area contributed by atoms with E-state index in [0.29, 0.717) is 37.7 Å². The molecule has 0 aromatic rings. The minimum absolute atomic E-state index is 0.0602. The minimum atomic E-state index is -2.42. The molecule has 4 saturated heterocycles. The lowest BCUT2D eigenvalue weighted by atomic mass is 9.70.